The van der Waals surface area contributed by atoms with E-state index in [1.165, 1.54) is 26.0 Å². The van der Waals surface area contributed by atoms with E-state index in [1.54, 1.807) is 36.4 Å². The van der Waals surface area contributed by atoms with Crippen LogP contribution in [0.3, 0.4) is 0 Å². The van der Waals surface area contributed by atoms with E-state index in [-0.39, 0.29) is 17.3 Å². The van der Waals surface area contributed by atoms with Gasteiger partial charge in [-0.05, 0) is 13.0 Å². The Morgan fingerprint density at radius 2 is 1.87 bits per heavy atom. The van der Waals surface area contributed by atoms with Gasteiger partial charge in [0, 0.05) is 24.1 Å². The number of halogens is 1. The second-order valence-electron chi connectivity index (χ2n) is 5.58. The van der Waals surface area contributed by atoms with Gasteiger partial charge in [0.1, 0.15) is 16.9 Å². The minimum absolute atomic E-state index is 0.211. The first-order chi connectivity index (χ1) is 10.9. The molecule has 0 fully saturated rings. The molecule has 1 aliphatic heterocycles. The third-order valence-electron chi connectivity index (χ3n) is 3.97. The van der Waals surface area contributed by atoms with Crippen molar-refractivity contribution in [2.24, 2.45) is 0 Å². The number of alkyl halides is 1. The molecule has 0 spiro atoms. The van der Waals surface area contributed by atoms with Crippen molar-refractivity contribution in [3.63, 3.8) is 0 Å². The summed E-state index contributed by atoms with van der Waals surface area (Å²) in [6, 6.07) is 13.0. The van der Waals surface area contributed by atoms with Crippen molar-refractivity contribution in [3.8, 4) is 11.5 Å². The van der Waals surface area contributed by atoms with E-state index in [4.69, 9.17) is 9.47 Å². The Morgan fingerprint density at radius 3 is 2.52 bits per heavy atom. The fourth-order valence-corrected chi connectivity index (χ4v) is 2.72. The van der Waals surface area contributed by atoms with E-state index >= 15 is 0 Å². The molecule has 118 valence electrons. The second-order valence-corrected chi connectivity index (χ2v) is 5.58. The van der Waals surface area contributed by atoms with Crippen LogP contribution in [0.5, 0.6) is 11.5 Å². The number of hydrogen-bond donors (Lipinski definition) is 0. The molecule has 0 aliphatic carbocycles. The number of Topliss-reactive ketones (excluding diaryl/α,β-unsaturated/α-hetero) is 1. The monoisotopic (exact) mass is 314 g/mol. The van der Waals surface area contributed by atoms with Gasteiger partial charge < -0.3 is 9.47 Å². The van der Waals surface area contributed by atoms with Crippen LogP contribution in [0.15, 0.2) is 48.5 Å². The summed E-state index contributed by atoms with van der Waals surface area (Å²) in [4.78, 5) is 23.8. The van der Waals surface area contributed by atoms with Crippen molar-refractivity contribution in [3.05, 3.63) is 59.7 Å². The average Bonchev–Trinajstić information content (AvgIpc) is 2.78. The highest BCUT2D eigenvalue weighted by molar-refractivity contribution is 6.05. The van der Waals surface area contributed by atoms with E-state index in [1.807, 2.05) is 0 Å². The summed E-state index contributed by atoms with van der Waals surface area (Å²) in [5.74, 6) is -0.379. The molecule has 4 nitrogen and oxygen atoms in total. The number of carbonyl (C=O) groups excluding carboxylic acids is 2. The fraction of sp³-hybridized carbons (Fsp3) is 0.222. The van der Waals surface area contributed by atoms with Crippen molar-refractivity contribution in [1.29, 1.82) is 0 Å². The van der Waals surface area contributed by atoms with Crippen LogP contribution >= 0.6 is 0 Å². The molecule has 2 atom stereocenters. The zero-order chi connectivity index (χ0) is 16.6. The van der Waals surface area contributed by atoms with Gasteiger partial charge in [-0.2, -0.15) is 0 Å². The lowest BCUT2D eigenvalue weighted by Gasteiger charge is -2.23. The molecule has 0 unspecified atom stereocenters. The van der Waals surface area contributed by atoms with Gasteiger partial charge in [0.25, 0.3) is 6.36 Å². The SMILES string of the molecule is CC(=O)Oc1ccc2c(c1)O[C@@H](F)[C@]2(C)C(=O)c1ccccc1. The maximum Gasteiger partial charge on any atom is 0.308 e. The summed E-state index contributed by atoms with van der Waals surface area (Å²) >= 11 is 0. The zero-order valence-electron chi connectivity index (χ0n) is 12.7. The van der Waals surface area contributed by atoms with Gasteiger partial charge in [0.2, 0.25) is 0 Å². The number of fused-ring (bicyclic) bond motifs is 1. The van der Waals surface area contributed by atoms with Crippen LogP contribution in [0.4, 0.5) is 4.39 Å². The highest BCUT2D eigenvalue weighted by Gasteiger charge is 2.52. The van der Waals surface area contributed by atoms with Crippen LogP contribution < -0.4 is 9.47 Å². The number of esters is 1. The average molecular weight is 314 g/mol. The largest absolute Gasteiger partial charge is 0.458 e. The molecule has 2 aromatic carbocycles. The summed E-state index contributed by atoms with van der Waals surface area (Å²) in [6.07, 6.45) is -1.81. The molecule has 0 radical (unpaired) electrons. The van der Waals surface area contributed by atoms with Gasteiger partial charge in [-0.15, -0.1) is 0 Å². The fourth-order valence-electron chi connectivity index (χ4n) is 2.72. The topological polar surface area (TPSA) is 52.6 Å². The Bertz CT molecular complexity index is 772. The van der Waals surface area contributed by atoms with E-state index in [9.17, 15) is 14.0 Å². The normalized spacial score (nSPS) is 22.1. The van der Waals surface area contributed by atoms with Crippen LogP contribution in [0.1, 0.15) is 29.8 Å². The summed E-state index contributed by atoms with van der Waals surface area (Å²) in [6.45, 7) is 2.79. The Labute approximate surface area is 132 Å². The van der Waals surface area contributed by atoms with Crippen LogP contribution in [0.2, 0.25) is 0 Å². The molecule has 5 heteroatoms. The Morgan fingerprint density at radius 1 is 1.17 bits per heavy atom. The highest BCUT2D eigenvalue weighted by Crippen LogP contribution is 2.46. The van der Waals surface area contributed by atoms with Crippen molar-refractivity contribution < 1.29 is 23.5 Å². The van der Waals surface area contributed by atoms with Crippen LogP contribution in [0.25, 0.3) is 0 Å². The molecule has 2 aromatic rings. The van der Waals surface area contributed by atoms with Gasteiger partial charge in [-0.25, -0.2) is 4.39 Å². The number of hydrogen-bond acceptors (Lipinski definition) is 4. The van der Waals surface area contributed by atoms with E-state index < -0.39 is 17.7 Å². The smallest absolute Gasteiger partial charge is 0.308 e. The standard InChI is InChI=1S/C18H15FO4/c1-11(20)22-13-8-9-14-15(10-13)23-17(19)18(14,2)16(21)12-6-4-3-5-7-12/h3-10,17H,1-2H3/t17-,18+/m1/s1. The number of carbonyl (C=O) groups is 2. The third-order valence-corrected chi connectivity index (χ3v) is 3.97. The molecule has 0 saturated carbocycles. The van der Waals surface area contributed by atoms with E-state index in [0.29, 0.717) is 11.1 Å². The summed E-state index contributed by atoms with van der Waals surface area (Å²) in [7, 11) is 0. The maximum absolute atomic E-state index is 14.5. The van der Waals surface area contributed by atoms with Crippen LogP contribution in [0, 0.1) is 0 Å². The minimum Gasteiger partial charge on any atom is -0.458 e. The van der Waals surface area contributed by atoms with Crippen LogP contribution in [-0.2, 0) is 10.2 Å². The summed E-state index contributed by atoms with van der Waals surface area (Å²) in [5, 5.41) is 0. The highest BCUT2D eigenvalue weighted by atomic mass is 19.1. The maximum atomic E-state index is 14.5. The first kappa shape index (κ1) is 15.2. The predicted molar refractivity (Wildman–Crippen MR) is 81.4 cm³/mol. The zero-order valence-corrected chi connectivity index (χ0v) is 12.7. The summed E-state index contributed by atoms with van der Waals surface area (Å²) in [5.41, 5.74) is -0.584. The second kappa shape index (κ2) is 5.50. The predicted octanol–water partition coefficient (Wildman–Crippen LogP) is 3.44. The number of rotatable bonds is 3. The van der Waals surface area contributed by atoms with E-state index in [2.05, 4.69) is 0 Å². The Balaban J connectivity index is 2.02. The molecule has 23 heavy (non-hydrogen) atoms. The molecule has 0 saturated heterocycles. The third kappa shape index (κ3) is 2.48. The first-order valence-electron chi connectivity index (χ1n) is 7.16. The molecule has 0 bridgehead atoms. The Hall–Kier alpha value is -2.69. The molecule has 1 heterocycles. The Kier molecular flexibility index (Phi) is 3.64. The number of ether oxygens (including phenoxy) is 2. The minimum atomic E-state index is -1.81. The van der Waals surface area contributed by atoms with Crippen molar-refractivity contribution in [1.82, 2.24) is 0 Å². The van der Waals surface area contributed by atoms with Crippen molar-refractivity contribution in [2.75, 3.05) is 0 Å². The van der Waals surface area contributed by atoms with E-state index in [0.717, 1.165) is 0 Å². The first-order valence-corrected chi connectivity index (χ1v) is 7.16. The van der Waals surface area contributed by atoms with Gasteiger partial charge in [-0.1, -0.05) is 36.4 Å². The van der Waals surface area contributed by atoms with Crippen molar-refractivity contribution in [2.45, 2.75) is 25.6 Å². The lowest BCUT2D eigenvalue weighted by molar-refractivity contribution is -0.131. The van der Waals surface area contributed by atoms with Crippen LogP contribution in [-0.4, -0.2) is 18.1 Å². The lowest BCUT2D eigenvalue weighted by Crippen LogP contribution is -2.40. The van der Waals surface area contributed by atoms with Gasteiger partial charge in [-0.3, -0.25) is 9.59 Å². The molecule has 3 rings (SSSR count). The molecule has 1 aliphatic rings. The molecular weight excluding hydrogens is 299 g/mol. The quantitative estimate of drug-likeness (QED) is 0.495. The molecular formula is C18H15FO4. The van der Waals surface area contributed by atoms with Crippen molar-refractivity contribution >= 4 is 11.8 Å². The number of ketones is 1. The van der Waals surface area contributed by atoms with Gasteiger partial charge >= 0.3 is 5.97 Å². The number of benzene rings is 2. The molecule has 0 amide bonds. The molecule has 0 aromatic heterocycles. The van der Waals surface area contributed by atoms with Gasteiger partial charge in [0.15, 0.2) is 5.78 Å². The lowest BCUT2D eigenvalue weighted by atomic mass is 9.77. The molecule has 0 N–H and O–H groups in total. The van der Waals surface area contributed by atoms with Gasteiger partial charge in [0.05, 0.1) is 0 Å². The summed E-state index contributed by atoms with van der Waals surface area (Å²) < 4.78 is 24.7.